The predicted octanol–water partition coefficient (Wildman–Crippen LogP) is 5.76. The van der Waals surface area contributed by atoms with E-state index in [4.69, 9.17) is 34.8 Å². The van der Waals surface area contributed by atoms with E-state index in [9.17, 15) is 31.2 Å². The number of carbonyl (C=O) groups excluding carboxylic acids is 2. The van der Waals surface area contributed by atoms with E-state index in [1.165, 1.54) is 12.1 Å². The van der Waals surface area contributed by atoms with Gasteiger partial charge >= 0.3 is 6.18 Å². The van der Waals surface area contributed by atoms with Gasteiger partial charge in [0.1, 0.15) is 12.6 Å². The lowest BCUT2D eigenvalue weighted by Gasteiger charge is -2.33. The first kappa shape index (κ1) is 32.0. The standard InChI is InChI=1S/C24H27Cl3F3N3O4S/c1-5-21(23(35)31-14(2)3)32(12-15-6-8-19(26)20(27)10-15)22(34)13-33(38(4,36)37)16-7-9-18(25)17(11-16)24(28,29)30/h6-11,14,21H,5,12-13H2,1-4H3,(H,31,35). The average Bonchev–Trinajstić information content (AvgIpc) is 2.78. The van der Waals surface area contributed by atoms with Crippen molar-refractivity contribution in [2.45, 2.75) is 52.0 Å². The minimum absolute atomic E-state index is 0.147. The van der Waals surface area contributed by atoms with E-state index in [1.807, 2.05) is 0 Å². The fourth-order valence-electron chi connectivity index (χ4n) is 3.63. The molecule has 0 fully saturated rings. The molecular formula is C24H27Cl3F3N3O4S. The van der Waals surface area contributed by atoms with Crippen molar-refractivity contribution in [3.8, 4) is 0 Å². The molecule has 1 N–H and O–H groups in total. The van der Waals surface area contributed by atoms with Crippen LogP contribution in [0.2, 0.25) is 15.1 Å². The quantitative estimate of drug-likeness (QED) is 0.368. The Kier molecular flexibility index (Phi) is 10.7. The van der Waals surface area contributed by atoms with Crippen molar-refractivity contribution in [3.05, 3.63) is 62.6 Å². The van der Waals surface area contributed by atoms with Gasteiger partial charge in [0.05, 0.1) is 32.6 Å². The number of nitrogens with one attached hydrogen (secondary N) is 1. The summed E-state index contributed by atoms with van der Waals surface area (Å²) >= 11 is 17.8. The van der Waals surface area contributed by atoms with Gasteiger partial charge in [-0.3, -0.25) is 13.9 Å². The van der Waals surface area contributed by atoms with Gasteiger partial charge in [0.15, 0.2) is 0 Å². The van der Waals surface area contributed by atoms with Crippen LogP contribution in [0.4, 0.5) is 18.9 Å². The van der Waals surface area contributed by atoms with Gasteiger partial charge in [0, 0.05) is 12.6 Å². The van der Waals surface area contributed by atoms with Gasteiger partial charge in [-0.15, -0.1) is 0 Å². The lowest BCUT2D eigenvalue weighted by atomic mass is 10.1. The summed E-state index contributed by atoms with van der Waals surface area (Å²) in [6.07, 6.45) is -3.93. The van der Waals surface area contributed by atoms with Crippen LogP contribution in [0.1, 0.15) is 38.3 Å². The normalized spacial score (nSPS) is 12.8. The number of carbonyl (C=O) groups is 2. The van der Waals surface area contributed by atoms with Gasteiger partial charge in [-0.25, -0.2) is 8.42 Å². The van der Waals surface area contributed by atoms with Crippen LogP contribution in [-0.2, 0) is 32.3 Å². The molecule has 0 aliphatic rings. The number of halogens is 6. The van der Waals surface area contributed by atoms with Gasteiger partial charge < -0.3 is 10.2 Å². The van der Waals surface area contributed by atoms with Crippen molar-refractivity contribution < 1.29 is 31.2 Å². The molecule has 14 heteroatoms. The summed E-state index contributed by atoms with van der Waals surface area (Å²) in [5.41, 5.74) is -1.17. The first-order valence-corrected chi connectivity index (χ1v) is 14.3. The molecule has 1 unspecified atom stereocenters. The van der Waals surface area contributed by atoms with E-state index in [0.29, 0.717) is 15.9 Å². The van der Waals surface area contributed by atoms with E-state index in [1.54, 1.807) is 26.8 Å². The molecule has 0 radical (unpaired) electrons. The van der Waals surface area contributed by atoms with Crippen LogP contribution in [0.5, 0.6) is 0 Å². The van der Waals surface area contributed by atoms with Gasteiger partial charge in [-0.1, -0.05) is 47.8 Å². The Morgan fingerprint density at radius 1 is 1.00 bits per heavy atom. The zero-order valence-electron chi connectivity index (χ0n) is 20.9. The van der Waals surface area contributed by atoms with Gasteiger partial charge in [-0.2, -0.15) is 13.2 Å². The molecule has 2 aromatic carbocycles. The molecular weight excluding hydrogens is 590 g/mol. The predicted molar refractivity (Wildman–Crippen MR) is 143 cm³/mol. The van der Waals surface area contributed by atoms with Gasteiger partial charge in [0.25, 0.3) is 0 Å². The number of nitrogens with zero attached hydrogens (tertiary/aromatic N) is 2. The topological polar surface area (TPSA) is 86.8 Å². The van der Waals surface area contributed by atoms with Crippen LogP contribution in [0, 0.1) is 0 Å². The average molecular weight is 617 g/mol. The van der Waals surface area contributed by atoms with Crippen molar-refractivity contribution in [2.24, 2.45) is 0 Å². The molecule has 2 aromatic rings. The maximum atomic E-state index is 13.6. The smallest absolute Gasteiger partial charge is 0.352 e. The molecule has 38 heavy (non-hydrogen) atoms. The number of benzene rings is 2. The van der Waals surface area contributed by atoms with E-state index in [-0.39, 0.29) is 29.1 Å². The van der Waals surface area contributed by atoms with E-state index >= 15 is 0 Å². The number of anilines is 1. The minimum Gasteiger partial charge on any atom is -0.352 e. The summed E-state index contributed by atoms with van der Waals surface area (Å²) in [4.78, 5) is 27.7. The van der Waals surface area contributed by atoms with Crippen LogP contribution in [0.3, 0.4) is 0 Å². The molecule has 2 amide bonds. The summed E-state index contributed by atoms with van der Waals surface area (Å²) in [5.74, 6) is -1.30. The summed E-state index contributed by atoms with van der Waals surface area (Å²) in [7, 11) is -4.24. The largest absolute Gasteiger partial charge is 0.417 e. The summed E-state index contributed by atoms with van der Waals surface area (Å²) in [6, 6.07) is 5.86. The Bertz CT molecular complexity index is 1290. The summed E-state index contributed by atoms with van der Waals surface area (Å²) in [5, 5.41) is 2.57. The number of rotatable bonds is 10. The molecule has 7 nitrogen and oxygen atoms in total. The van der Waals surface area contributed by atoms with Crippen molar-refractivity contribution in [1.29, 1.82) is 0 Å². The number of amides is 2. The van der Waals surface area contributed by atoms with E-state index < -0.39 is 56.9 Å². The third-order valence-corrected chi connectivity index (χ3v) is 7.59. The third-order valence-electron chi connectivity index (χ3n) is 5.38. The second-order valence-corrected chi connectivity index (χ2v) is 11.9. The molecule has 1 atom stereocenters. The second kappa shape index (κ2) is 12.8. The van der Waals surface area contributed by atoms with Crippen LogP contribution in [-0.4, -0.2) is 50.0 Å². The molecule has 0 aromatic heterocycles. The fraction of sp³-hybridized carbons (Fsp3) is 0.417. The maximum absolute atomic E-state index is 13.6. The summed E-state index contributed by atoms with van der Waals surface area (Å²) in [6.45, 7) is 4.12. The zero-order valence-corrected chi connectivity index (χ0v) is 24.0. The van der Waals surface area contributed by atoms with Crippen LogP contribution in [0.15, 0.2) is 36.4 Å². The lowest BCUT2D eigenvalue weighted by Crippen LogP contribution is -2.53. The highest BCUT2D eigenvalue weighted by Gasteiger charge is 2.36. The lowest BCUT2D eigenvalue weighted by molar-refractivity contribution is -0.140. The molecule has 0 saturated heterocycles. The zero-order chi connectivity index (χ0) is 29.0. The molecule has 0 bridgehead atoms. The molecule has 0 spiro atoms. The number of hydrogen-bond acceptors (Lipinski definition) is 4. The molecule has 0 heterocycles. The van der Waals surface area contributed by atoms with E-state index in [0.717, 1.165) is 23.3 Å². The Hall–Kier alpha value is -2.21. The molecule has 0 aliphatic carbocycles. The van der Waals surface area contributed by atoms with Crippen molar-refractivity contribution in [3.63, 3.8) is 0 Å². The molecule has 210 valence electrons. The second-order valence-electron chi connectivity index (χ2n) is 8.79. The molecule has 2 rings (SSSR count). The first-order valence-electron chi connectivity index (χ1n) is 11.3. The van der Waals surface area contributed by atoms with Crippen LogP contribution < -0.4 is 9.62 Å². The highest BCUT2D eigenvalue weighted by Crippen LogP contribution is 2.37. The molecule has 0 saturated carbocycles. The SMILES string of the molecule is CCC(C(=O)NC(C)C)N(Cc1ccc(Cl)c(Cl)c1)C(=O)CN(c1ccc(Cl)c(C(F)(F)F)c1)S(C)(=O)=O. The first-order chi connectivity index (χ1) is 17.4. The van der Waals surface area contributed by atoms with Crippen molar-refractivity contribution in [1.82, 2.24) is 10.2 Å². The Morgan fingerprint density at radius 2 is 1.61 bits per heavy atom. The Morgan fingerprint density at radius 3 is 2.11 bits per heavy atom. The van der Waals surface area contributed by atoms with Gasteiger partial charge in [0.2, 0.25) is 21.8 Å². The van der Waals surface area contributed by atoms with Crippen molar-refractivity contribution in [2.75, 3.05) is 17.1 Å². The Labute approximate surface area is 234 Å². The highest BCUT2D eigenvalue weighted by atomic mass is 35.5. The number of hydrogen-bond donors (Lipinski definition) is 1. The fourth-order valence-corrected chi connectivity index (χ4v) is 5.02. The monoisotopic (exact) mass is 615 g/mol. The number of sulfonamides is 1. The molecule has 0 aliphatic heterocycles. The van der Waals surface area contributed by atoms with Crippen LogP contribution >= 0.6 is 34.8 Å². The highest BCUT2D eigenvalue weighted by molar-refractivity contribution is 7.92. The van der Waals surface area contributed by atoms with Crippen LogP contribution in [0.25, 0.3) is 0 Å². The van der Waals surface area contributed by atoms with E-state index in [2.05, 4.69) is 5.32 Å². The minimum atomic E-state index is -4.86. The van der Waals surface area contributed by atoms with Crippen molar-refractivity contribution >= 4 is 62.3 Å². The Balaban J connectivity index is 2.55. The van der Waals surface area contributed by atoms with Gasteiger partial charge in [-0.05, 0) is 56.2 Å². The third kappa shape index (κ3) is 8.39. The number of alkyl halides is 3. The maximum Gasteiger partial charge on any atom is 0.417 e. The summed E-state index contributed by atoms with van der Waals surface area (Å²) < 4.78 is 66.1.